The minimum absolute atomic E-state index is 0.0952. The van der Waals surface area contributed by atoms with Crippen LogP contribution in [-0.2, 0) is 4.79 Å². The summed E-state index contributed by atoms with van der Waals surface area (Å²) in [6, 6.07) is 6.33. The maximum Gasteiger partial charge on any atom is 0.316 e. The molecule has 0 radical (unpaired) electrons. The van der Waals surface area contributed by atoms with E-state index in [0.29, 0.717) is 16.5 Å². The van der Waals surface area contributed by atoms with Crippen LogP contribution < -0.4 is 5.32 Å². The van der Waals surface area contributed by atoms with Crippen molar-refractivity contribution >= 4 is 23.5 Å². The number of nitrogens with one attached hydrogen (secondary N) is 1. The van der Waals surface area contributed by atoms with Crippen molar-refractivity contribution in [2.75, 3.05) is 18.4 Å². The van der Waals surface area contributed by atoms with Crippen molar-refractivity contribution in [2.45, 2.75) is 25.3 Å². The topological polar surface area (TPSA) is 71.3 Å². The number of alkyl halides is 2. The molecule has 1 aromatic carbocycles. The highest BCUT2D eigenvalue weighted by atomic mass is 35.5. The molecule has 2 fully saturated rings. The van der Waals surface area contributed by atoms with Crippen molar-refractivity contribution in [3.05, 3.63) is 29.3 Å². The van der Waals surface area contributed by atoms with Gasteiger partial charge in [-0.25, -0.2) is 8.78 Å². The van der Waals surface area contributed by atoms with Crippen LogP contribution in [0.15, 0.2) is 28.7 Å². The van der Waals surface area contributed by atoms with Crippen LogP contribution in [0, 0.1) is 5.41 Å². The molecule has 1 aliphatic carbocycles. The highest BCUT2D eigenvalue weighted by Gasteiger charge is 2.76. The normalized spacial score (nSPS) is 20.9. The number of carbonyl (C=O) groups is 1. The number of carbonyl (C=O) groups excluding carboxylic acids is 1. The van der Waals surface area contributed by atoms with Gasteiger partial charge < -0.3 is 14.6 Å². The standard InChI is InChI=1S/C16H15ClF2N4O2/c1-9(13(24)23-7-15(8-23)6-16(15,18)19)20-14-22-21-12(25-14)10-2-4-11(17)5-3-10/h2-5,9H,6-8H2,1H3,(H,20,22)/t9-/m1/s1. The van der Waals surface area contributed by atoms with Crippen molar-refractivity contribution in [1.29, 1.82) is 0 Å². The van der Waals surface area contributed by atoms with Crippen LogP contribution in [-0.4, -0.2) is 46.1 Å². The third-order valence-electron chi connectivity index (χ3n) is 4.74. The molecule has 0 bridgehead atoms. The third-order valence-corrected chi connectivity index (χ3v) is 4.99. The maximum absolute atomic E-state index is 13.2. The minimum atomic E-state index is -2.62. The van der Waals surface area contributed by atoms with Gasteiger partial charge >= 0.3 is 6.01 Å². The number of nitrogens with zero attached hydrogens (tertiary/aromatic N) is 3. The van der Waals surface area contributed by atoms with Gasteiger partial charge in [-0.3, -0.25) is 4.79 Å². The molecule has 1 amide bonds. The molecule has 25 heavy (non-hydrogen) atoms. The smallest absolute Gasteiger partial charge is 0.316 e. The van der Waals surface area contributed by atoms with Gasteiger partial charge in [0.25, 0.3) is 5.92 Å². The average Bonchev–Trinajstić information content (AvgIpc) is 2.89. The Balaban J connectivity index is 1.36. The lowest BCUT2D eigenvalue weighted by Crippen LogP contribution is -2.57. The Morgan fingerprint density at radius 2 is 1.96 bits per heavy atom. The first-order chi connectivity index (χ1) is 11.8. The molecular formula is C16H15ClF2N4O2. The highest BCUT2D eigenvalue weighted by Crippen LogP contribution is 2.65. The van der Waals surface area contributed by atoms with E-state index in [9.17, 15) is 13.6 Å². The van der Waals surface area contributed by atoms with Crippen LogP contribution in [0.5, 0.6) is 0 Å². The number of likely N-dealkylation sites (tertiary alicyclic amines) is 1. The van der Waals surface area contributed by atoms with E-state index in [1.54, 1.807) is 31.2 Å². The van der Waals surface area contributed by atoms with E-state index in [0.717, 1.165) is 0 Å². The van der Waals surface area contributed by atoms with Crippen molar-refractivity contribution < 1.29 is 18.0 Å². The summed E-state index contributed by atoms with van der Waals surface area (Å²) in [4.78, 5) is 13.7. The van der Waals surface area contributed by atoms with Gasteiger partial charge in [-0.1, -0.05) is 16.7 Å². The summed E-state index contributed by atoms with van der Waals surface area (Å²) in [5, 5.41) is 11.2. The zero-order valence-electron chi connectivity index (χ0n) is 13.3. The first kappa shape index (κ1) is 16.3. The molecular weight excluding hydrogens is 354 g/mol. The second-order valence-electron chi connectivity index (χ2n) is 6.64. The summed E-state index contributed by atoms with van der Waals surface area (Å²) >= 11 is 5.83. The number of rotatable bonds is 4. The van der Waals surface area contributed by atoms with Crippen LogP contribution in [0.3, 0.4) is 0 Å². The van der Waals surface area contributed by atoms with Crippen molar-refractivity contribution in [2.24, 2.45) is 5.41 Å². The number of hydrogen-bond donors (Lipinski definition) is 1. The third kappa shape index (κ3) is 2.74. The summed E-state index contributed by atoms with van der Waals surface area (Å²) in [5.41, 5.74) is -0.279. The lowest BCUT2D eigenvalue weighted by atomic mass is 9.95. The van der Waals surface area contributed by atoms with Crippen LogP contribution in [0.25, 0.3) is 11.5 Å². The molecule has 0 unspecified atom stereocenters. The van der Waals surface area contributed by atoms with Gasteiger partial charge in [0.05, 0.1) is 5.41 Å². The quantitative estimate of drug-likeness (QED) is 0.898. The van der Waals surface area contributed by atoms with Gasteiger partial charge in [0.2, 0.25) is 11.8 Å². The summed E-state index contributed by atoms with van der Waals surface area (Å²) in [6.07, 6.45) is -0.125. The first-order valence-corrected chi connectivity index (χ1v) is 8.20. The molecule has 1 atom stereocenters. The summed E-state index contributed by atoms with van der Waals surface area (Å²) in [6.45, 7) is 1.83. The van der Waals surface area contributed by atoms with E-state index in [4.69, 9.17) is 16.0 Å². The summed E-state index contributed by atoms with van der Waals surface area (Å²) in [5.74, 6) is -2.60. The molecule has 1 aliphatic heterocycles. The van der Waals surface area contributed by atoms with Crippen LogP contribution in [0.2, 0.25) is 5.02 Å². The Morgan fingerprint density at radius 1 is 1.32 bits per heavy atom. The summed E-state index contributed by atoms with van der Waals surface area (Å²) < 4.78 is 31.9. The second kappa shape index (κ2) is 5.39. The number of benzene rings is 1. The Morgan fingerprint density at radius 3 is 2.56 bits per heavy atom. The monoisotopic (exact) mass is 368 g/mol. The van der Waals surface area contributed by atoms with Gasteiger partial charge in [0, 0.05) is 30.1 Å². The van der Waals surface area contributed by atoms with Crippen LogP contribution in [0.4, 0.5) is 14.8 Å². The molecule has 2 heterocycles. The number of halogens is 3. The largest absolute Gasteiger partial charge is 0.403 e. The predicted octanol–water partition coefficient (Wildman–Crippen LogP) is 3.06. The maximum atomic E-state index is 13.2. The molecule has 6 nitrogen and oxygen atoms in total. The molecule has 9 heteroatoms. The number of hydrogen-bond acceptors (Lipinski definition) is 5. The molecule has 132 valence electrons. The van der Waals surface area contributed by atoms with Gasteiger partial charge in [0.15, 0.2) is 0 Å². The van der Waals surface area contributed by atoms with E-state index < -0.39 is 17.4 Å². The van der Waals surface area contributed by atoms with E-state index in [-0.39, 0.29) is 31.4 Å². The van der Waals surface area contributed by atoms with E-state index in [1.807, 2.05) is 0 Å². The number of aromatic nitrogens is 2. The fourth-order valence-electron chi connectivity index (χ4n) is 3.08. The molecule has 1 saturated carbocycles. The van der Waals surface area contributed by atoms with Crippen LogP contribution in [0.1, 0.15) is 13.3 Å². The molecule has 1 N–H and O–H groups in total. The van der Waals surface area contributed by atoms with Gasteiger partial charge in [0.1, 0.15) is 6.04 Å². The van der Waals surface area contributed by atoms with Gasteiger partial charge in [-0.15, -0.1) is 5.10 Å². The van der Waals surface area contributed by atoms with Crippen LogP contribution >= 0.6 is 11.6 Å². The Labute approximate surface area is 147 Å². The Kier molecular flexibility index (Phi) is 3.50. The van der Waals surface area contributed by atoms with Gasteiger partial charge in [-0.2, -0.15) is 0 Å². The molecule has 1 aromatic heterocycles. The highest BCUT2D eigenvalue weighted by molar-refractivity contribution is 6.30. The van der Waals surface area contributed by atoms with Crippen molar-refractivity contribution in [3.8, 4) is 11.5 Å². The van der Waals surface area contributed by atoms with E-state index in [1.165, 1.54) is 4.90 Å². The molecule has 2 aliphatic rings. The molecule has 1 saturated heterocycles. The van der Waals surface area contributed by atoms with Crippen molar-refractivity contribution in [3.63, 3.8) is 0 Å². The molecule has 1 spiro atoms. The molecule has 4 rings (SSSR count). The summed E-state index contributed by atoms with van der Waals surface area (Å²) in [7, 11) is 0. The lowest BCUT2D eigenvalue weighted by molar-refractivity contribution is -0.142. The second-order valence-corrected chi connectivity index (χ2v) is 7.08. The fourth-order valence-corrected chi connectivity index (χ4v) is 3.20. The Hall–Kier alpha value is -2.22. The van der Waals surface area contributed by atoms with E-state index in [2.05, 4.69) is 15.5 Å². The minimum Gasteiger partial charge on any atom is -0.403 e. The van der Waals surface area contributed by atoms with Crippen molar-refractivity contribution in [1.82, 2.24) is 15.1 Å². The number of amides is 1. The number of anilines is 1. The molecule has 2 aromatic rings. The fraction of sp³-hybridized carbons (Fsp3) is 0.438. The predicted molar refractivity (Wildman–Crippen MR) is 86.4 cm³/mol. The first-order valence-electron chi connectivity index (χ1n) is 7.82. The SMILES string of the molecule is C[C@@H](Nc1nnc(-c2ccc(Cl)cc2)o1)C(=O)N1CC2(C1)CC2(F)F. The lowest BCUT2D eigenvalue weighted by Gasteiger charge is -2.41. The van der Waals surface area contributed by atoms with Gasteiger partial charge in [-0.05, 0) is 31.2 Å². The Bertz CT molecular complexity index is 818. The zero-order chi connectivity index (χ0) is 17.8. The van der Waals surface area contributed by atoms with E-state index >= 15 is 0 Å². The average molecular weight is 369 g/mol. The zero-order valence-corrected chi connectivity index (χ0v) is 14.1.